The second-order valence-electron chi connectivity index (χ2n) is 4.67. The van der Waals surface area contributed by atoms with Crippen molar-refractivity contribution in [1.82, 2.24) is 24.7 Å². The molecule has 0 bridgehead atoms. The van der Waals surface area contributed by atoms with E-state index in [9.17, 15) is 5.11 Å². The maximum absolute atomic E-state index is 9.19. The fourth-order valence-electron chi connectivity index (χ4n) is 2.23. The zero-order valence-corrected chi connectivity index (χ0v) is 12.4. The lowest BCUT2D eigenvalue weighted by Gasteiger charge is -2.01. The third-order valence-electron chi connectivity index (χ3n) is 3.38. The topological polar surface area (TPSA) is 89.9 Å². The van der Waals surface area contributed by atoms with Crippen molar-refractivity contribution in [2.45, 2.75) is 16.8 Å². The number of fused-ring (bicyclic) bond motifs is 3. The lowest BCUT2D eigenvalue weighted by molar-refractivity contribution is 0.266. The van der Waals surface area contributed by atoms with Crippen molar-refractivity contribution < 1.29 is 9.52 Å². The van der Waals surface area contributed by atoms with E-state index in [1.807, 2.05) is 24.3 Å². The van der Waals surface area contributed by atoms with Gasteiger partial charge >= 0.3 is 0 Å². The number of aliphatic hydroxyl groups excluding tert-OH is 1. The first-order chi connectivity index (χ1) is 10.8. The summed E-state index contributed by atoms with van der Waals surface area (Å²) in [5, 5.41) is 19.4. The molecule has 0 saturated carbocycles. The molecule has 0 saturated heterocycles. The molecule has 3 aromatic heterocycles. The molecule has 22 heavy (non-hydrogen) atoms. The fraction of sp³-hybridized carbons (Fsp3) is 0.143. The summed E-state index contributed by atoms with van der Waals surface area (Å²) in [6.07, 6.45) is 1.51. The van der Waals surface area contributed by atoms with Crippen LogP contribution in [0, 0.1) is 0 Å². The third-order valence-corrected chi connectivity index (χ3v) is 4.40. The SMILES string of the molecule is Cn1c(CO)nnc1Sc1ncnc2c1oc1ccccc12. The van der Waals surface area contributed by atoms with Gasteiger partial charge in [0.15, 0.2) is 21.6 Å². The minimum atomic E-state index is -0.159. The highest BCUT2D eigenvalue weighted by Crippen LogP contribution is 2.34. The van der Waals surface area contributed by atoms with Gasteiger partial charge in [-0.15, -0.1) is 10.2 Å². The molecule has 0 unspecified atom stereocenters. The molecule has 1 aromatic carbocycles. The normalized spacial score (nSPS) is 11.5. The largest absolute Gasteiger partial charge is 0.451 e. The zero-order chi connectivity index (χ0) is 15.1. The van der Waals surface area contributed by atoms with E-state index in [0.29, 0.717) is 21.6 Å². The molecular formula is C14H11N5O2S. The number of benzene rings is 1. The average Bonchev–Trinajstić information content (AvgIpc) is 3.09. The Bertz CT molecular complexity index is 978. The van der Waals surface area contributed by atoms with Crippen LogP contribution in [0.25, 0.3) is 22.1 Å². The lowest BCUT2D eigenvalue weighted by Crippen LogP contribution is -1.98. The van der Waals surface area contributed by atoms with Crippen molar-refractivity contribution in [3.05, 3.63) is 36.4 Å². The number of furan rings is 1. The van der Waals surface area contributed by atoms with Gasteiger partial charge in [-0.2, -0.15) is 0 Å². The van der Waals surface area contributed by atoms with E-state index in [0.717, 1.165) is 16.5 Å². The van der Waals surface area contributed by atoms with Crippen LogP contribution in [0.15, 0.2) is 45.2 Å². The molecule has 0 amide bonds. The highest BCUT2D eigenvalue weighted by Gasteiger charge is 2.17. The summed E-state index contributed by atoms with van der Waals surface area (Å²) in [5.74, 6) is 0.498. The highest BCUT2D eigenvalue weighted by atomic mass is 32.2. The minimum Gasteiger partial charge on any atom is -0.451 e. The van der Waals surface area contributed by atoms with Crippen LogP contribution < -0.4 is 0 Å². The second-order valence-corrected chi connectivity index (χ2v) is 5.63. The van der Waals surface area contributed by atoms with Crippen LogP contribution in [0.3, 0.4) is 0 Å². The predicted molar refractivity (Wildman–Crippen MR) is 80.4 cm³/mol. The minimum absolute atomic E-state index is 0.159. The predicted octanol–water partition coefficient (Wildman–Crippen LogP) is 2.15. The van der Waals surface area contributed by atoms with Crippen molar-refractivity contribution in [2.24, 2.45) is 7.05 Å². The summed E-state index contributed by atoms with van der Waals surface area (Å²) < 4.78 is 7.60. The maximum Gasteiger partial charge on any atom is 0.197 e. The molecule has 8 heteroatoms. The van der Waals surface area contributed by atoms with Crippen LogP contribution >= 0.6 is 11.8 Å². The summed E-state index contributed by atoms with van der Waals surface area (Å²) in [5.41, 5.74) is 2.17. The van der Waals surface area contributed by atoms with Gasteiger partial charge < -0.3 is 14.1 Å². The second kappa shape index (κ2) is 5.08. The number of nitrogens with zero attached hydrogens (tertiary/aromatic N) is 5. The number of para-hydroxylation sites is 1. The maximum atomic E-state index is 9.19. The summed E-state index contributed by atoms with van der Waals surface area (Å²) in [6.45, 7) is -0.159. The molecule has 4 rings (SSSR count). The van der Waals surface area contributed by atoms with Gasteiger partial charge in [-0.1, -0.05) is 12.1 Å². The van der Waals surface area contributed by atoms with Crippen molar-refractivity contribution in [3.8, 4) is 0 Å². The van der Waals surface area contributed by atoms with Gasteiger partial charge in [0, 0.05) is 12.4 Å². The van der Waals surface area contributed by atoms with E-state index in [-0.39, 0.29) is 6.61 Å². The number of rotatable bonds is 3. The van der Waals surface area contributed by atoms with Crippen molar-refractivity contribution in [3.63, 3.8) is 0 Å². The lowest BCUT2D eigenvalue weighted by atomic mass is 10.2. The van der Waals surface area contributed by atoms with Gasteiger partial charge in [0.1, 0.15) is 24.0 Å². The first-order valence-corrected chi connectivity index (χ1v) is 7.39. The van der Waals surface area contributed by atoms with E-state index in [4.69, 9.17) is 4.42 Å². The van der Waals surface area contributed by atoms with Crippen molar-refractivity contribution in [1.29, 1.82) is 0 Å². The molecule has 7 nitrogen and oxygen atoms in total. The van der Waals surface area contributed by atoms with Crippen LogP contribution in [0.2, 0.25) is 0 Å². The average molecular weight is 313 g/mol. The molecule has 1 N–H and O–H groups in total. The summed E-state index contributed by atoms with van der Waals surface area (Å²) in [7, 11) is 1.80. The van der Waals surface area contributed by atoms with Crippen molar-refractivity contribution in [2.75, 3.05) is 0 Å². The Morgan fingerprint density at radius 1 is 1.23 bits per heavy atom. The fourth-order valence-corrected chi connectivity index (χ4v) is 3.06. The molecule has 0 fully saturated rings. The first kappa shape index (κ1) is 13.2. The molecule has 0 radical (unpaired) electrons. The molecule has 110 valence electrons. The molecule has 3 heterocycles. The zero-order valence-electron chi connectivity index (χ0n) is 11.6. The third kappa shape index (κ3) is 1.96. The van der Waals surface area contributed by atoms with E-state index < -0.39 is 0 Å². The highest BCUT2D eigenvalue weighted by molar-refractivity contribution is 7.99. The Kier molecular flexibility index (Phi) is 3.05. The number of aromatic nitrogens is 5. The Balaban J connectivity index is 1.86. The number of hydrogen-bond donors (Lipinski definition) is 1. The Morgan fingerprint density at radius 2 is 2.09 bits per heavy atom. The van der Waals surface area contributed by atoms with Gasteiger partial charge in [0.2, 0.25) is 0 Å². The van der Waals surface area contributed by atoms with E-state index in [2.05, 4.69) is 20.2 Å². The molecule has 4 aromatic rings. The molecule has 0 aliphatic carbocycles. The van der Waals surface area contributed by atoms with E-state index in [1.54, 1.807) is 11.6 Å². The molecule has 0 atom stereocenters. The van der Waals surface area contributed by atoms with Gasteiger partial charge in [-0.05, 0) is 23.9 Å². The summed E-state index contributed by atoms with van der Waals surface area (Å²) in [4.78, 5) is 8.60. The smallest absolute Gasteiger partial charge is 0.197 e. The molecule has 0 spiro atoms. The number of aliphatic hydroxyl groups is 1. The van der Waals surface area contributed by atoms with Crippen LogP contribution in [0.1, 0.15) is 5.82 Å². The van der Waals surface area contributed by atoms with Crippen LogP contribution in [-0.4, -0.2) is 29.8 Å². The van der Waals surface area contributed by atoms with Gasteiger partial charge in [0.25, 0.3) is 0 Å². The van der Waals surface area contributed by atoms with E-state index >= 15 is 0 Å². The van der Waals surface area contributed by atoms with Crippen molar-refractivity contribution >= 4 is 33.8 Å². The van der Waals surface area contributed by atoms with E-state index in [1.165, 1.54) is 18.1 Å². The van der Waals surface area contributed by atoms with Crippen LogP contribution in [-0.2, 0) is 13.7 Å². The summed E-state index contributed by atoms with van der Waals surface area (Å²) in [6, 6.07) is 7.73. The molecule has 0 aliphatic rings. The Labute approximate surface area is 129 Å². The molecular weight excluding hydrogens is 302 g/mol. The standard InChI is InChI=1S/C14H11N5O2S/c1-19-10(6-20)17-18-14(19)22-13-12-11(15-7-16-13)8-4-2-3-5-9(8)21-12/h2-5,7,20H,6H2,1H3. The van der Waals surface area contributed by atoms with Gasteiger partial charge in [-0.3, -0.25) is 0 Å². The monoisotopic (exact) mass is 313 g/mol. The quantitative estimate of drug-likeness (QED) is 0.579. The van der Waals surface area contributed by atoms with Crippen LogP contribution in [0.5, 0.6) is 0 Å². The number of hydrogen-bond acceptors (Lipinski definition) is 7. The first-order valence-electron chi connectivity index (χ1n) is 6.57. The van der Waals surface area contributed by atoms with Gasteiger partial charge in [-0.25, -0.2) is 9.97 Å². The van der Waals surface area contributed by atoms with Crippen LogP contribution in [0.4, 0.5) is 0 Å². The Hall–Kier alpha value is -2.45. The van der Waals surface area contributed by atoms with Gasteiger partial charge in [0.05, 0.1) is 0 Å². The summed E-state index contributed by atoms with van der Waals surface area (Å²) >= 11 is 1.33. The Morgan fingerprint density at radius 3 is 2.91 bits per heavy atom. The molecule has 0 aliphatic heterocycles.